The topological polar surface area (TPSA) is 135 Å². The van der Waals surface area contributed by atoms with Gasteiger partial charge in [-0.15, -0.1) is 15.3 Å². The van der Waals surface area contributed by atoms with Crippen molar-refractivity contribution in [3.63, 3.8) is 0 Å². The minimum Gasteiger partial charge on any atom is -0.493 e. The Balaban J connectivity index is 1.37. The minimum atomic E-state index is -0.240. The van der Waals surface area contributed by atoms with Gasteiger partial charge in [0.25, 0.3) is 0 Å². The van der Waals surface area contributed by atoms with Gasteiger partial charge in [-0.1, -0.05) is 17.7 Å². The van der Waals surface area contributed by atoms with Crippen LogP contribution in [0.5, 0.6) is 11.5 Å². The summed E-state index contributed by atoms with van der Waals surface area (Å²) in [4.78, 5) is 13.6. The van der Waals surface area contributed by atoms with E-state index in [4.69, 9.17) is 21.1 Å². The molecule has 0 aliphatic rings. The van der Waals surface area contributed by atoms with Crippen LogP contribution in [0.1, 0.15) is 5.56 Å². The second-order valence-electron chi connectivity index (χ2n) is 6.85. The van der Waals surface area contributed by atoms with Crippen LogP contribution in [0, 0.1) is 0 Å². The zero-order chi connectivity index (χ0) is 23.2. The van der Waals surface area contributed by atoms with E-state index in [2.05, 4.69) is 36.3 Å². The summed E-state index contributed by atoms with van der Waals surface area (Å²) in [5, 5.41) is 26.8. The van der Waals surface area contributed by atoms with Crippen molar-refractivity contribution < 1.29 is 14.3 Å². The Bertz CT molecular complexity index is 1240. The Morgan fingerprint density at radius 3 is 2.70 bits per heavy atom. The number of methoxy groups -OCH3 is 2. The molecule has 4 aromatic rings. The number of carbonyl (C=O) groups excluding carboxylic acids is 1. The maximum atomic E-state index is 12.3. The van der Waals surface area contributed by atoms with Crippen LogP contribution in [0.3, 0.4) is 0 Å². The lowest BCUT2D eigenvalue weighted by atomic mass is 10.1. The van der Waals surface area contributed by atoms with Crippen molar-refractivity contribution in [3.8, 4) is 28.6 Å². The molecular weight excluding hydrogens is 450 g/mol. The van der Waals surface area contributed by atoms with Gasteiger partial charge in [-0.3, -0.25) is 4.79 Å². The minimum absolute atomic E-state index is 0.0766. The summed E-state index contributed by atoms with van der Waals surface area (Å²) in [5.74, 6) is 1.37. The van der Waals surface area contributed by atoms with Crippen molar-refractivity contribution in [1.29, 1.82) is 0 Å². The molecule has 0 unspecified atom stereocenters. The number of rotatable bonds is 9. The van der Waals surface area contributed by atoms with Gasteiger partial charge in [0, 0.05) is 17.1 Å². The van der Waals surface area contributed by atoms with Crippen LogP contribution in [0.25, 0.3) is 17.1 Å². The van der Waals surface area contributed by atoms with Crippen molar-refractivity contribution in [2.24, 2.45) is 0 Å². The first kappa shape index (κ1) is 22.1. The number of hydrogen-bond acceptors (Lipinski definition) is 9. The number of halogens is 1. The second-order valence-corrected chi connectivity index (χ2v) is 7.29. The molecule has 170 valence electrons. The lowest BCUT2D eigenvalue weighted by molar-refractivity contribution is -0.122. The van der Waals surface area contributed by atoms with Crippen molar-refractivity contribution in [3.05, 3.63) is 53.3 Å². The normalized spacial score (nSPS) is 10.8. The highest BCUT2D eigenvalue weighted by Gasteiger charge is 2.15. The molecule has 0 spiro atoms. The monoisotopic (exact) mass is 469 g/mol. The molecule has 2 aromatic carbocycles. The molecule has 0 aliphatic heterocycles. The Hall–Kier alpha value is -4.06. The molecule has 2 aromatic heterocycles. The van der Waals surface area contributed by atoms with Crippen LogP contribution in [0.4, 0.5) is 0 Å². The first-order valence-corrected chi connectivity index (χ1v) is 10.2. The van der Waals surface area contributed by atoms with Gasteiger partial charge in [0.2, 0.25) is 11.7 Å². The van der Waals surface area contributed by atoms with Gasteiger partial charge in [-0.25, -0.2) is 0 Å². The number of aromatic nitrogens is 8. The van der Waals surface area contributed by atoms with Crippen molar-refractivity contribution in [1.82, 2.24) is 45.7 Å². The predicted molar refractivity (Wildman–Crippen MR) is 117 cm³/mol. The van der Waals surface area contributed by atoms with Gasteiger partial charge in [0.1, 0.15) is 12.9 Å². The predicted octanol–water partition coefficient (Wildman–Crippen LogP) is 1.35. The largest absolute Gasteiger partial charge is 0.493 e. The Labute approximate surface area is 193 Å². The summed E-state index contributed by atoms with van der Waals surface area (Å²) in [6.45, 7) is 0.364. The molecule has 0 bridgehead atoms. The van der Waals surface area contributed by atoms with Gasteiger partial charge < -0.3 is 14.8 Å². The van der Waals surface area contributed by atoms with Crippen molar-refractivity contribution in [2.45, 2.75) is 13.0 Å². The van der Waals surface area contributed by atoms with Gasteiger partial charge in [0.05, 0.1) is 19.9 Å². The van der Waals surface area contributed by atoms with Gasteiger partial charge in [0.15, 0.2) is 11.5 Å². The molecule has 0 atom stereocenters. The number of amides is 1. The lowest BCUT2D eigenvalue weighted by Crippen LogP contribution is -2.30. The van der Waals surface area contributed by atoms with E-state index in [0.29, 0.717) is 46.6 Å². The number of ether oxygens (including phenoxy) is 2. The Kier molecular flexibility index (Phi) is 6.74. The van der Waals surface area contributed by atoms with Gasteiger partial charge in [-0.2, -0.15) is 9.48 Å². The average molecular weight is 470 g/mol. The van der Waals surface area contributed by atoms with Crippen LogP contribution in [0.2, 0.25) is 5.02 Å². The quantitative estimate of drug-likeness (QED) is 0.385. The first-order valence-electron chi connectivity index (χ1n) is 9.86. The van der Waals surface area contributed by atoms with Gasteiger partial charge in [-0.05, 0) is 58.0 Å². The number of hydrogen-bond donors (Lipinski definition) is 1. The fraction of sp³-hybridized carbons (Fsp3) is 0.250. The summed E-state index contributed by atoms with van der Waals surface area (Å²) in [7, 11) is 3.17. The van der Waals surface area contributed by atoms with E-state index < -0.39 is 0 Å². The van der Waals surface area contributed by atoms with Crippen LogP contribution >= 0.6 is 11.6 Å². The van der Waals surface area contributed by atoms with E-state index >= 15 is 0 Å². The maximum absolute atomic E-state index is 12.3. The highest BCUT2D eigenvalue weighted by Crippen LogP contribution is 2.28. The van der Waals surface area contributed by atoms with E-state index in [1.54, 1.807) is 32.4 Å². The number of benzene rings is 2. The highest BCUT2D eigenvalue weighted by molar-refractivity contribution is 6.30. The summed E-state index contributed by atoms with van der Waals surface area (Å²) < 4.78 is 12.0. The zero-order valence-corrected chi connectivity index (χ0v) is 18.6. The summed E-state index contributed by atoms with van der Waals surface area (Å²) >= 11 is 6.11. The fourth-order valence-electron chi connectivity index (χ4n) is 3.14. The second kappa shape index (κ2) is 10.0. The van der Waals surface area contributed by atoms with Crippen LogP contribution < -0.4 is 14.8 Å². The Morgan fingerprint density at radius 2 is 1.94 bits per heavy atom. The molecule has 0 saturated heterocycles. The number of nitrogens with one attached hydrogen (secondary N) is 1. The van der Waals surface area contributed by atoms with E-state index in [9.17, 15) is 4.79 Å². The molecule has 0 saturated carbocycles. The molecule has 1 N–H and O–H groups in total. The average Bonchev–Trinajstić information content (AvgIpc) is 3.51. The lowest BCUT2D eigenvalue weighted by Gasteiger charge is -2.10. The first-order chi connectivity index (χ1) is 16.1. The highest BCUT2D eigenvalue weighted by atomic mass is 35.5. The van der Waals surface area contributed by atoms with E-state index in [-0.39, 0.29) is 12.5 Å². The fourth-order valence-corrected chi connectivity index (χ4v) is 3.31. The molecule has 4 rings (SSSR count). The summed E-state index contributed by atoms with van der Waals surface area (Å²) in [6.07, 6.45) is 2.06. The molecule has 12 nitrogen and oxygen atoms in total. The maximum Gasteiger partial charge on any atom is 0.243 e. The third-order valence-electron chi connectivity index (χ3n) is 4.72. The molecule has 33 heavy (non-hydrogen) atoms. The van der Waals surface area contributed by atoms with Crippen LogP contribution in [0.15, 0.2) is 42.7 Å². The third kappa shape index (κ3) is 5.23. The molecular formula is C20H20ClN9O3. The third-order valence-corrected chi connectivity index (χ3v) is 4.95. The van der Waals surface area contributed by atoms with E-state index in [1.165, 1.54) is 15.8 Å². The van der Waals surface area contributed by atoms with E-state index in [1.807, 2.05) is 18.2 Å². The van der Waals surface area contributed by atoms with Crippen molar-refractivity contribution in [2.75, 3.05) is 20.8 Å². The molecule has 13 heteroatoms. The van der Waals surface area contributed by atoms with Crippen molar-refractivity contribution >= 4 is 17.5 Å². The summed E-state index contributed by atoms with van der Waals surface area (Å²) in [6, 6.07) is 10.8. The SMILES string of the molecule is COc1ccc(CCNC(=O)Cn2nnc(-c3ccc(Cl)cc3-n3cnnn3)n2)cc1OC. The molecule has 0 aliphatic carbocycles. The van der Waals surface area contributed by atoms with Crippen LogP contribution in [-0.4, -0.2) is 67.1 Å². The zero-order valence-electron chi connectivity index (χ0n) is 17.8. The number of tetrazole rings is 2. The van der Waals surface area contributed by atoms with Gasteiger partial charge >= 0.3 is 0 Å². The smallest absolute Gasteiger partial charge is 0.243 e. The standard InChI is InChI=1S/C20H20ClN9O3/c1-32-17-6-3-13(9-18(17)33-2)7-8-22-19(31)11-30-25-20(24-27-30)15-5-4-14(21)10-16(15)29-12-23-26-28-29/h3-6,9-10,12H,7-8,11H2,1-2H3,(H,22,31). The van der Waals surface area contributed by atoms with Crippen LogP contribution in [-0.2, 0) is 17.8 Å². The Morgan fingerprint density at radius 1 is 1.09 bits per heavy atom. The molecule has 0 fully saturated rings. The summed E-state index contributed by atoms with van der Waals surface area (Å²) in [5.41, 5.74) is 2.21. The van der Waals surface area contributed by atoms with E-state index in [0.717, 1.165) is 5.56 Å². The molecule has 0 radical (unpaired) electrons. The molecule has 2 heterocycles. The molecule has 1 amide bonds. The number of carbonyl (C=O) groups is 1. The number of nitrogens with zero attached hydrogens (tertiary/aromatic N) is 8.